The molecule has 2 aromatic rings. The van der Waals surface area contributed by atoms with Gasteiger partial charge in [-0.25, -0.2) is 0 Å². The molecule has 8 nitrogen and oxygen atoms in total. The first-order valence-corrected chi connectivity index (χ1v) is 9.53. The second-order valence-corrected chi connectivity index (χ2v) is 7.33. The number of primary amides is 1. The minimum Gasteiger partial charge on any atom is -0.497 e. The zero-order chi connectivity index (χ0) is 20.3. The molecule has 2 aromatic carbocycles. The lowest BCUT2D eigenvalue weighted by molar-refractivity contribution is -0.384. The number of carbonyl (C=O) groups is 2. The van der Waals surface area contributed by atoms with Crippen LogP contribution in [-0.4, -0.2) is 47.1 Å². The summed E-state index contributed by atoms with van der Waals surface area (Å²) in [6.07, 6.45) is 0.508. The number of rotatable bonds is 6. The van der Waals surface area contributed by atoms with Crippen molar-refractivity contribution in [2.75, 3.05) is 19.4 Å². The fourth-order valence-electron chi connectivity index (χ4n) is 3.01. The highest BCUT2D eigenvalue weighted by atomic mass is 32.2. The van der Waals surface area contributed by atoms with Crippen LogP contribution in [-0.2, 0) is 11.2 Å². The molecule has 0 aliphatic carbocycles. The molecule has 1 atom stereocenters. The lowest BCUT2D eigenvalue weighted by Crippen LogP contribution is -2.49. The third kappa shape index (κ3) is 4.09. The van der Waals surface area contributed by atoms with Crippen molar-refractivity contribution >= 4 is 29.3 Å². The summed E-state index contributed by atoms with van der Waals surface area (Å²) in [6, 6.07) is 10.8. The van der Waals surface area contributed by atoms with Crippen LogP contribution >= 0.6 is 11.8 Å². The van der Waals surface area contributed by atoms with Crippen LogP contribution in [0, 0.1) is 10.1 Å². The summed E-state index contributed by atoms with van der Waals surface area (Å²) in [6.45, 7) is 0.265. The SMILES string of the molecule is COc1ccc(CCN2C(=O)c3cc([N+](=O)[O-])ccc3SCC2C(N)=O)cc1. The van der Waals surface area contributed by atoms with Gasteiger partial charge in [0, 0.05) is 29.3 Å². The number of benzene rings is 2. The van der Waals surface area contributed by atoms with E-state index in [1.807, 2.05) is 24.3 Å². The van der Waals surface area contributed by atoms with E-state index in [9.17, 15) is 19.7 Å². The summed E-state index contributed by atoms with van der Waals surface area (Å²) < 4.78 is 5.13. The standard InChI is InChI=1S/C19H19N3O5S/c1-27-14-5-2-12(3-6-14)8-9-21-16(18(20)23)11-28-17-7-4-13(22(25)26)10-15(17)19(21)24/h2-7,10,16H,8-9,11H2,1H3,(H2,20,23). The second kappa shape index (κ2) is 8.30. The van der Waals surface area contributed by atoms with Gasteiger partial charge >= 0.3 is 0 Å². The number of nitrogens with two attached hydrogens (primary N) is 1. The lowest BCUT2D eigenvalue weighted by atomic mass is 10.1. The Balaban J connectivity index is 1.88. The minimum atomic E-state index is -0.790. The summed E-state index contributed by atoms with van der Waals surface area (Å²) in [5, 5.41) is 11.1. The van der Waals surface area contributed by atoms with Crippen molar-refractivity contribution in [2.45, 2.75) is 17.4 Å². The van der Waals surface area contributed by atoms with E-state index in [-0.39, 0.29) is 17.8 Å². The molecule has 0 fully saturated rings. The summed E-state index contributed by atoms with van der Waals surface area (Å²) >= 11 is 1.30. The number of hydrogen-bond donors (Lipinski definition) is 1. The number of nitro groups is 1. The molecule has 0 aromatic heterocycles. The van der Waals surface area contributed by atoms with E-state index in [0.717, 1.165) is 11.3 Å². The molecule has 0 saturated heterocycles. The van der Waals surface area contributed by atoms with E-state index >= 15 is 0 Å². The fraction of sp³-hybridized carbons (Fsp3) is 0.263. The number of hydrogen-bond acceptors (Lipinski definition) is 6. The fourth-order valence-corrected chi connectivity index (χ4v) is 4.16. The third-order valence-corrected chi connectivity index (χ3v) is 5.72. The molecule has 146 valence electrons. The Morgan fingerprint density at radius 3 is 2.64 bits per heavy atom. The number of carbonyl (C=O) groups excluding carboxylic acids is 2. The Bertz CT molecular complexity index is 916. The average Bonchev–Trinajstić information content (AvgIpc) is 2.83. The molecular formula is C19H19N3O5S. The highest BCUT2D eigenvalue weighted by Gasteiger charge is 2.34. The zero-order valence-corrected chi connectivity index (χ0v) is 16.0. The molecule has 1 aliphatic rings. The number of fused-ring (bicyclic) bond motifs is 1. The molecule has 3 rings (SSSR count). The van der Waals surface area contributed by atoms with Crippen LogP contribution in [0.4, 0.5) is 5.69 Å². The van der Waals surface area contributed by atoms with Gasteiger partial charge in [0.15, 0.2) is 0 Å². The molecule has 1 heterocycles. The van der Waals surface area contributed by atoms with E-state index in [2.05, 4.69) is 0 Å². The monoisotopic (exact) mass is 401 g/mol. The Hall–Kier alpha value is -3.07. The molecule has 0 saturated carbocycles. The van der Waals surface area contributed by atoms with Crippen LogP contribution in [0.3, 0.4) is 0 Å². The highest BCUT2D eigenvalue weighted by molar-refractivity contribution is 7.99. The number of methoxy groups -OCH3 is 1. The van der Waals surface area contributed by atoms with Crippen LogP contribution in [0.1, 0.15) is 15.9 Å². The first kappa shape index (κ1) is 19.7. The molecule has 28 heavy (non-hydrogen) atoms. The maximum Gasteiger partial charge on any atom is 0.270 e. The van der Waals surface area contributed by atoms with Gasteiger partial charge in [0.25, 0.3) is 11.6 Å². The van der Waals surface area contributed by atoms with Crippen molar-refractivity contribution in [1.29, 1.82) is 0 Å². The molecule has 0 radical (unpaired) electrons. The van der Waals surface area contributed by atoms with Crippen LogP contribution < -0.4 is 10.5 Å². The number of amides is 2. The molecule has 1 aliphatic heterocycles. The van der Waals surface area contributed by atoms with Crippen molar-refractivity contribution in [3.63, 3.8) is 0 Å². The number of thioether (sulfide) groups is 1. The highest BCUT2D eigenvalue weighted by Crippen LogP contribution is 2.32. The van der Waals surface area contributed by atoms with Gasteiger partial charge in [-0.2, -0.15) is 0 Å². The maximum atomic E-state index is 13.1. The van der Waals surface area contributed by atoms with Crippen molar-refractivity contribution < 1.29 is 19.2 Å². The van der Waals surface area contributed by atoms with Gasteiger partial charge < -0.3 is 15.4 Å². The molecule has 0 bridgehead atoms. The van der Waals surface area contributed by atoms with Gasteiger partial charge in [0.1, 0.15) is 11.8 Å². The Kier molecular flexibility index (Phi) is 5.84. The largest absolute Gasteiger partial charge is 0.497 e. The first-order chi connectivity index (χ1) is 13.4. The Labute approximate surface area is 165 Å². The predicted molar refractivity (Wildman–Crippen MR) is 105 cm³/mol. The van der Waals surface area contributed by atoms with E-state index in [1.165, 1.54) is 28.8 Å². The van der Waals surface area contributed by atoms with Gasteiger partial charge in [-0.3, -0.25) is 19.7 Å². The number of non-ortho nitro benzene ring substituents is 1. The summed E-state index contributed by atoms with van der Waals surface area (Å²) in [5.41, 5.74) is 6.56. The van der Waals surface area contributed by atoms with Gasteiger partial charge in [0.05, 0.1) is 17.6 Å². The second-order valence-electron chi connectivity index (χ2n) is 6.26. The van der Waals surface area contributed by atoms with Crippen LogP contribution in [0.5, 0.6) is 5.75 Å². The maximum absolute atomic E-state index is 13.1. The van der Waals surface area contributed by atoms with Crippen molar-refractivity contribution in [3.8, 4) is 5.75 Å². The molecule has 0 spiro atoms. The summed E-state index contributed by atoms with van der Waals surface area (Å²) in [7, 11) is 1.58. The molecule has 1 unspecified atom stereocenters. The number of nitro benzene ring substituents is 1. The van der Waals surface area contributed by atoms with Gasteiger partial charge in [0.2, 0.25) is 5.91 Å². The molecule has 2 amide bonds. The molecule has 9 heteroatoms. The van der Waals surface area contributed by atoms with Crippen molar-refractivity contribution in [1.82, 2.24) is 4.90 Å². The Morgan fingerprint density at radius 2 is 2.04 bits per heavy atom. The Morgan fingerprint density at radius 1 is 1.32 bits per heavy atom. The molecule has 2 N–H and O–H groups in total. The zero-order valence-electron chi connectivity index (χ0n) is 15.2. The number of nitrogens with zero attached hydrogens (tertiary/aromatic N) is 2. The lowest BCUT2D eigenvalue weighted by Gasteiger charge is -2.27. The van der Waals surface area contributed by atoms with Crippen LogP contribution in [0.25, 0.3) is 0 Å². The normalized spacial score (nSPS) is 16.2. The van der Waals surface area contributed by atoms with Gasteiger partial charge in [-0.15, -0.1) is 11.8 Å². The van der Waals surface area contributed by atoms with Crippen LogP contribution in [0.2, 0.25) is 0 Å². The van der Waals surface area contributed by atoms with Crippen molar-refractivity contribution in [2.24, 2.45) is 5.73 Å². The summed E-state index contributed by atoms with van der Waals surface area (Å²) in [5.74, 6) is -0.00440. The first-order valence-electron chi connectivity index (χ1n) is 8.55. The van der Waals surface area contributed by atoms with E-state index in [4.69, 9.17) is 10.5 Å². The predicted octanol–water partition coefficient (Wildman–Crippen LogP) is 2.25. The third-order valence-electron chi connectivity index (χ3n) is 4.57. The van der Waals surface area contributed by atoms with Gasteiger partial charge in [-0.1, -0.05) is 12.1 Å². The van der Waals surface area contributed by atoms with Gasteiger partial charge in [-0.05, 0) is 30.2 Å². The van der Waals surface area contributed by atoms with Crippen molar-refractivity contribution in [3.05, 3.63) is 63.7 Å². The van der Waals surface area contributed by atoms with E-state index in [1.54, 1.807) is 13.2 Å². The van der Waals surface area contributed by atoms with Crippen LogP contribution in [0.15, 0.2) is 47.4 Å². The topological polar surface area (TPSA) is 116 Å². The quantitative estimate of drug-likeness (QED) is 0.586. The minimum absolute atomic E-state index is 0.166. The smallest absolute Gasteiger partial charge is 0.270 e. The van der Waals surface area contributed by atoms with E-state index in [0.29, 0.717) is 17.1 Å². The summed E-state index contributed by atoms with van der Waals surface area (Å²) in [4.78, 5) is 37.6. The molecular weight excluding hydrogens is 382 g/mol. The number of ether oxygens (including phenoxy) is 1. The average molecular weight is 401 g/mol. The van der Waals surface area contributed by atoms with E-state index < -0.39 is 22.8 Å².